The van der Waals surface area contributed by atoms with E-state index < -0.39 is 0 Å². The van der Waals surface area contributed by atoms with Gasteiger partial charge < -0.3 is 10.6 Å². The van der Waals surface area contributed by atoms with E-state index in [1.165, 1.54) is 0 Å². The molecule has 2 aromatic heterocycles. The fourth-order valence-corrected chi connectivity index (χ4v) is 1.79. The van der Waals surface area contributed by atoms with Crippen LogP contribution in [0.5, 0.6) is 0 Å². The van der Waals surface area contributed by atoms with Crippen molar-refractivity contribution < 1.29 is 4.79 Å². The van der Waals surface area contributed by atoms with Crippen LogP contribution in [0, 0.1) is 0 Å². The van der Waals surface area contributed by atoms with Crippen molar-refractivity contribution in [3.05, 3.63) is 24.7 Å². The highest BCUT2D eigenvalue weighted by Gasteiger charge is 2.25. The zero-order valence-electron chi connectivity index (χ0n) is 10.1. The summed E-state index contributed by atoms with van der Waals surface area (Å²) in [5.74, 6) is 0.689. The van der Waals surface area contributed by atoms with Crippen LogP contribution in [0.3, 0.4) is 0 Å². The van der Waals surface area contributed by atoms with Crippen molar-refractivity contribution in [1.29, 1.82) is 0 Å². The van der Waals surface area contributed by atoms with E-state index in [0.29, 0.717) is 11.9 Å². The van der Waals surface area contributed by atoms with Gasteiger partial charge in [-0.3, -0.25) is 4.79 Å². The molecular weight excluding hydrogens is 230 g/mol. The van der Waals surface area contributed by atoms with Crippen LogP contribution in [0.2, 0.25) is 0 Å². The SMILES string of the molecule is CC(Nc1nccn2nccc12)C(=O)NC1CC1. The van der Waals surface area contributed by atoms with Gasteiger partial charge in [0, 0.05) is 18.4 Å². The summed E-state index contributed by atoms with van der Waals surface area (Å²) in [6.45, 7) is 1.83. The molecule has 0 aromatic carbocycles. The molecule has 2 N–H and O–H groups in total. The summed E-state index contributed by atoms with van der Waals surface area (Å²) in [5.41, 5.74) is 0.864. The van der Waals surface area contributed by atoms with Crippen LogP contribution < -0.4 is 10.6 Å². The number of nitrogens with zero attached hydrogens (tertiary/aromatic N) is 3. The van der Waals surface area contributed by atoms with Crippen LogP contribution in [-0.4, -0.2) is 32.6 Å². The van der Waals surface area contributed by atoms with Gasteiger partial charge in [0.1, 0.15) is 11.6 Å². The predicted octanol–water partition coefficient (Wildman–Crippen LogP) is 0.808. The van der Waals surface area contributed by atoms with Crippen LogP contribution in [0.1, 0.15) is 19.8 Å². The lowest BCUT2D eigenvalue weighted by Crippen LogP contribution is -2.38. The van der Waals surface area contributed by atoms with Crippen molar-refractivity contribution >= 4 is 17.2 Å². The fourth-order valence-electron chi connectivity index (χ4n) is 1.79. The van der Waals surface area contributed by atoms with Crippen molar-refractivity contribution in [2.75, 3.05) is 5.32 Å². The Morgan fingerprint density at radius 1 is 1.50 bits per heavy atom. The van der Waals surface area contributed by atoms with Crippen LogP contribution in [0.15, 0.2) is 24.7 Å². The number of aromatic nitrogens is 3. The summed E-state index contributed by atoms with van der Waals surface area (Å²) in [6.07, 6.45) is 7.32. The highest BCUT2D eigenvalue weighted by atomic mass is 16.2. The Morgan fingerprint density at radius 3 is 3.11 bits per heavy atom. The third kappa shape index (κ3) is 2.13. The largest absolute Gasteiger partial charge is 0.357 e. The summed E-state index contributed by atoms with van der Waals surface area (Å²) >= 11 is 0. The van der Waals surface area contributed by atoms with Gasteiger partial charge >= 0.3 is 0 Å². The van der Waals surface area contributed by atoms with Gasteiger partial charge in [0.25, 0.3) is 0 Å². The molecule has 3 rings (SSSR count). The second-order valence-corrected chi connectivity index (χ2v) is 4.59. The minimum absolute atomic E-state index is 0.0146. The maximum absolute atomic E-state index is 11.8. The number of anilines is 1. The number of nitrogens with one attached hydrogen (secondary N) is 2. The van der Waals surface area contributed by atoms with E-state index in [1.54, 1.807) is 23.1 Å². The first-order chi connectivity index (χ1) is 8.74. The average molecular weight is 245 g/mol. The maximum Gasteiger partial charge on any atom is 0.242 e. The summed E-state index contributed by atoms with van der Waals surface area (Å²) in [4.78, 5) is 16.1. The highest BCUT2D eigenvalue weighted by Crippen LogP contribution is 2.19. The van der Waals surface area contributed by atoms with E-state index >= 15 is 0 Å². The Balaban J connectivity index is 1.74. The Hall–Kier alpha value is -2.11. The van der Waals surface area contributed by atoms with Crippen molar-refractivity contribution in [3.63, 3.8) is 0 Å². The molecule has 18 heavy (non-hydrogen) atoms. The Morgan fingerprint density at radius 2 is 2.33 bits per heavy atom. The smallest absolute Gasteiger partial charge is 0.242 e. The fraction of sp³-hybridized carbons (Fsp3) is 0.417. The first-order valence-corrected chi connectivity index (χ1v) is 6.09. The van der Waals surface area contributed by atoms with Gasteiger partial charge in [-0.1, -0.05) is 0 Å². The number of fused-ring (bicyclic) bond motifs is 1. The third-order valence-electron chi connectivity index (χ3n) is 2.99. The van der Waals surface area contributed by atoms with Gasteiger partial charge in [-0.05, 0) is 25.8 Å². The Bertz CT molecular complexity index is 575. The predicted molar refractivity (Wildman–Crippen MR) is 67.2 cm³/mol. The van der Waals surface area contributed by atoms with E-state index in [2.05, 4.69) is 20.7 Å². The molecule has 6 nitrogen and oxygen atoms in total. The zero-order valence-corrected chi connectivity index (χ0v) is 10.1. The van der Waals surface area contributed by atoms with Crippen LogP contribution in [0.4, 0.5) is 5.82 Å². The lowest BCUT2D eigenvalue weighted by molar-refractivity contribution is -0.121. The molecule has 1 unspecified atom stereocenters. The molecule has 2 heterocycles. The van der Waals surface area contributed by atoms with E-state index in [9.17, 15) is 4.79 Å². The molecule has 1 fully saturated rings. The molecule has 6 heteroatoms. The molecule has 1 aliphatic rings. The molecule has 0 radical (unpaired) electrons. The lowest BCUT2D eigenvalue weighted by Gasteiger charge is -2.14. The van der Waals surface area contributed by atoms with Crippen LogP contribution in [-0.2, 0) is 4.79 Å². The van der Waals surface area contributed by atoms with Crippen molar-refractivity contribution in [2.45, 2.75) is 31.8 Å². The van der Waals surface area contributed by atoms with E-state index in [0.717, 1.165) is 18.4 Å². The van der Waals surface area contributed by atoms with Crippen molar-refractivity contribution in [2.24, 2.45) is 0 Å². The van der Waals surface area contributed by atoms with Crippen LogP contribution >= 0.6 is 0 Å². The van der Waals surface area contributed by atoms with Crippen LogP contribution in [0.25, 0.3) is 5.52 Å². The van der Waals surface area contributed by atoms with Gasteiger partial charge in [0.05, 0.1) is 6.20 Å². The lowest BCUT2D eigenvalue weighted by atomic mass is 10.3. The normalized spacial score (nSPS) is 16.5. The van der Waals surface area contributed by atoms with E-state index in [4.69, 9.17) is 0 Å². The number of rotatable bonds is 4. The number of hydrogen-bond acceptors (Lipinski definition) is 4. The van der Waals surface area contributed by atoms with Gasteiger partial charge in [-0.25, -0.2) is 9.50 Å². The minimum atomic E-state index is -0.306. The van der Waals surface area contributed by atoms with Crippen molar-refractivity contribution in [1.82, 2.24) is 19.9 Å². The molecule has 2 aromatic rings. The maximum atomic E-state index is 11.8. The first-order valence-electron chi connectivity index (χ1n) is 6.09. The quantitative estimate of drug-likeness (QED) is 0.836. The summed E-state index contributed by atoms with van der Waals surface area (Å²) in [6, 6.07) is 1.93. The monoisotopic (exact) mass is 245 g/mol. The molecule has 0 saturated heterocycles. The topological polar surface area (TPSA) is 71.3 Å². The summed E-state index contributed by atoms with van der Waals surface area (Å²) in [7, 11) is 0. The number of amides is 1. The van der Waals surface area contributed by atoms with E-state index in [1.807, 2.05) is 13.0 Å². The standard InChI is InChI=1S/C12H15N5O/c1-8(12(18)16-9-2-3-9)15-11-10-4-5-14-17(10)7-6-13-11/h4-9H,2-3H2,1H3,(H,13,15)(H,16,18). The molecule has 1 amide bonds. The van der Waals surface area contributed by atoms with Gasteiger partial charge in [0.15, 0.2) is 5.82 Å². The molecule has 94 valence electrons. The third-order valence-corrected chi connectivity index (χ3v) is 2.99. The second kappa shape index (κ2) is 4.29. The van der Waals surface area contributed by atoms with Gasteiger partial charge in [-0.2, -0.15) is 5.10 Å². The molecule has 1 aliphatic carbocycles. The van der Waals surface area contributed by atoms with E-state index in [-0.39, 0.29) is 11.9 Å². The summed E-state index contributed by atoms with van der Waals surface area (Å²) < 4.78 is 1.72. The molecule has 1 saturated carbocycles. The zero-order chi connectivity index (χ0) is 12.5. The Labute approximate surface area is 104 Å². The first kappa shape index (κ1) is 11.0. The van der Waals surface area contributed by atoms with Gasteiger partial charge in [-0.15, -0.1) is 0 Å². The number of carbonyl (C=O) groups excluding carboxylic acids is 1. The highest BCUT2D eigenvalue weighted by molar-refractivity contribution is 5.85. The second-order valence-electron chi connectivity index (χ2n) is 4.59. The number of hydrogen-bond donors (Lipinski definition) is 2. The van der Waals surface area contributed by atoms with Crippen molar-refractivity contribution in [3.8, 4) is 0 Å². The minimum Gasteiger partial charge on any atom is -0.357 e. The molecular formula is C12H15N5O. The molecule has 0 spiro atoms. The average Bonchev–Trinajstić information content (AvgIpc) is 3.04. The molecule has 1 atom stereocenters. The summed E-state index contributed by atoms with van der Waals surface area (Å²) in [5, 5.41) is 10.2. The Kier molecular flexibility index (Phi) is 2.62. The molecule has 0 bridgehead atoms. The van der Waals surface area contributed by atoms with Gasteiger partial charge in [0.2, 0.25) is 5.91 Å². The molecule has 0 aliphatic heterocycles. The number of carbonyl (C=O) groups is 1.